The summed E-state index contributed by atoms with van der Waals surface area (Å²) in [6.07, 6.45) is 31.6. The monoisotopic (exact) mass is 706 g/mol. The lowest BCUT2D eigenvalue weighted by molar-refractivity contribution is -0.438. The van der Waals surface area contributed by atoms with E-state index in [0.717, 1.165) is 13.1 Å². The Morgan fingerprint density at radius 2 is 1.11 bits per heavy atom. The zero-order valence-electron chi connectivity index (χ0n) is 33.8. The molecule has 2 heteroatoms. The summed E-state index contributed by atoms with van der Waals surface area (Å²) in [4.78, 5) is 2.62. The van der Waals surface area contributed by atoms with E-state index in [2.05, 4.69) is 166 Å². The fraction of sp³-hybridized carbons (Fsp3) is 0.431. The quantitative estimate of drug-likeness (QED) is 0.0567. The van der Waals surface area contributed by atoms with Crippen molar-refractivity contribution in [1.29, 1.82) is 0 Å². The smallest absolute Gasteiger partial charge is 0.210 e. The maximum atomic E-state index is 2.62. The predicted octanol–water partition coefficient (Wildman–Crippen LogP) is 14.4. The molecule has 0 atom stereocenters. The third-order valence-electron chi connectivity index (χ3n) is 11.9. The van der Waals surface area contributed by atoms with Gasteiger partial charge >= 0.3 is 0 Å². The lowest BCUT2D eigenvalue weighted by Gasteiger charge is -2.27. The van der Waals surface area contributed by atoms with Crippen LogP contribution in [0.25, 0.3) is 21.5 Å². The highest BCUT2D eigenvalue weighted by Gasteiger charge is 2.45. The van der Waals surface area contributed by atoms with Crippen LogP contribution in [0.2, 0.25) is 0 Å². The molecule has 0 unspecified atom stereocenters. The molecular weight excluding hydrogens is 641 g/mol. The van der Waals surface area contributed by atoms with Gasteiger partial charge in [-0.2, -0.15) is 4.58 Å². The number of hydrogen-bond acceptors (Lipinski definition) is 1. The maximum absolute atomic E-state index is 2.62. The molecule has 0 fully saturated rings. The van der Waals surface area contributed by atoms with Crippen molar-refractivity contribution < 1.29 is 4.58 Å². The van der Waals surface area contributed by atoms with Gasteiger partial charge in [-0.25, -0.2) is 0 Å². The van der Waals surface area contributed by atoms with E-state index in [9.17, 15) is 0 Å². The van der Waals surface area contributed by atoms with Crippen LogP contribution in [0, 0.1) is 0 Å². The molecule has 0 saturated heterocycles. The number of anilines is 1. The summed E-state index contributed by atoms with van der Waals surface area (Å²) >= 11 is 0. The summed E-state index contributed by atoms with van der Waals surface area (Å²) in [5, 5.41) is 5.42. The maximum Gasteiger partial charge on any atom is 0.210 e. The van der Waals surface area contributed by atoms with Crippen molar-refractivity contribution in [1.82, 2.24) is 0 Å². The average molecular weight is 706 g/mol. The van der Waals surface area contributed by atoms with E-state index in [1.807, 2.05) is 0 Å². The molecule has 2 aliphatic rings. The van der Waals surface area contributed by atoms with Crippen LogP contribution in [0.3, 0.4) is 0 Å². The molecule has 2 nitrogen and oxygen atoms in total. The summed E-state index contributed by atoms with van der Waals surface area (Å²) in [5.74, 6) is 0. The lowest BCUT2D eigenvalue weighted by Crippen LogP contribution is -2.28. The van der Waals surface area contributed by atoms with E-state index < -0.39 is 0 Å². The Morgan fingerprint density at radius 1 is 0.547 bits per heavy atom. The van der Waals surface area contributed by atoms with Crippen LogP contribution >= 0.6 is 0 Å². The number of nitrogens with zero attached hydrogens (tertiary/aromatic N) is 2. The zero-order valence-corrected chi connectivity index (χ0v) is 33.8. The Morgan fingerprint density at radius 3 is 1.81 bits per heavy atom. The Hall–Kier alpha value is -4.17. The van der Waals surface area contributed by atoms with Gasteiger partial charge < -0.3 is 4.90 Å². The highest BCUT2D eigenvalue weighted by molar-refractivity contribution is 6.07. The van der Waals surface area contributed by atoms with Crippen LogP contribution in [0.4, 0.5) is 11.4 Å². The highest BCUT2D eigenvalue weighted by atomic mass is 15.2. The number of rotatable bonds is 18. The summed E-state index contributed by atoms with van der Waals surface area (Å²) in [5.41, 5.74) is 8.36. The molecule has 4 aromatic carbocycles. The van der Waals surface area contributed by atoms with E-state index in [4.69, 9.17) is 0 Å². The summed E-state index contributed by atoms with van der Waals surface area (Å²) in [7, 11) is 0. The molecule has 0 aromatic heterocycles. The summed E-state index contributed by atoms with van der Waals surface area (Å²) in [6, 6.07) is 27.2. The van der Waals surface area contributed by atoms with Crippen molar-refractivity contribution in [2.24, 2.45) is 0 Å². The number of allylic oxidation sites excluding steroid dienone is 8. The van der Waals surface area contributed by atoms with E-state index in [0.29, 0.717) is 0 Å². The minimum Gasteiger partial charge on any atom is -0.344 e. The van der Waals surface area contributed by atoms with Crippen molar-refractivity contribution in [2.75, 3.05) is 18.0 Å². The van der Waals surface area contributed by atoms with Crippen molar-refractivity contribution >= 4 is 38.6 Å². The molecular formula is C51H65N2+. The van der Waals surface area contributed by atoms with Crippen LogP contribution in [-0.2, 0) is 10.8 Å². The highest BCUT2D eigenvalue weighted by Crippen LogP contribution is 2.51. The van der Waals surface area contributed by atoms with Gasteiger partial charge in [0, 0.05) is 47.5 Å². The normalized spacial score (nSPS) is 17.2. The molecule has 0 N–H and O–H groups in total. The molecule has 0 radical (unpaired) electrons. The first-order chi connectivity index (χ1) is 25.8. The van der Waals surface area contributed by atoms with Gasteiger partial charge in [0.05, 0.1) is 5.41 Å². The van der Waals surface area contributed by atoms with Gasteiger partial charge in [-0.3, -0.25) is 0 Å². The van der Waals surface area contributed by atoms with Gasteiger partial charge in [-0.05, 0) is 72.0 Å². The van der Waals surface area contributed by atoms with Gasteiger partial charge in [-0.15, -0.1) is 0 Å². The second-order valence-corrected chi connectivity index (χ2v) is 16.5. The molecule has 53 heavy (non-hydrogen) atoms. The number of benzene rings is 4. The molecule has 0 aliphatic carbocycles. The molecule has 2 aliphatic heterocycles. The fourth-order valence-corrected chi connectivity index (χ4v) is 9.14. The molecule has 0 bridgehead atoms. The summed E-state index contributed by atoms with van der Waals surface area (Å²) in [6.45, 7) is 16.4. The van der Waals surface area contributed by atoms with Crippen LogP contribution in [0.5, 0.6) is 0 Å². The van der Waals surface area contributed by atoms with E-state index in [1.165, 1.54) is 133 Å². The van der Waals surface area contributed by atoms with Crippen molar-refractivity contribution in [3.05, 3.63) is 132 Å². The fourth-order valence-electron chi connectivity index (χ4n) is 9.14. The van der Waals surface area contributed by atoms with Gasteiger partial charge in [0.1, 0.15) is 6.54 Å². The molecule has 4 aromatic rings. The van der Waals surface area contributed by atoms with E-state index in [1.54, 1.807) is 0 Å². The predicted molar refractivity (Wildman–Crippen MR) is 233 cm³/mol. The first kappa shape index (κ1) is 38.6. The number of fused-ring (bicyclic) bond motifs is 6. The zero-order chi connectivity index (χ0) is 37.3. The number of unbranched alkanes of at least 4 members (excludes halogenated alkanes) is 10. The Kier molecular flexibility index (Phi) is 12.9. The van der Waals surface area contributed by atoms with Gasteiger partial charge in [0.25, 0.3) is 0 Å². The minimum absolute atomic E-state index is 0.0737. The summed E-state index contributed by atoms with van der Waals surface area (Å²) < 4.78 is 2.62. The standard InChI is InChI=1S/C51H65N2/c1-7-9-11-13-18-26-38-52-44-36-34-40-28-22-24-30-42(40)48(44)50(3,4)46(52)32-20-16-15-17-21-33-47-51(5,6)49-43-31-25-23-29-41(43)35-37-45(49)53(47)39-27-19-14-12-10-8-2/h15-17,20-25,28-37H,7-14,18-19,26-27,38-39H2,1-6H3/q+1. The third-order valence-corrected chi connectivity index (χ3v) is 11.9. The molecule has 0 saturated carbocycles. The molecule has 0 amide bonds. The van der Waals surface area contributed by atoms with Crippen molar-refractivity contribution in [3.8, 4) is 0 Å². The van der Waals surface area contributed by atoms with E-state index >= 15 is 0 Å². The van der Waals surface area contributed by atoms with Crippen LogP contribution in [0.1, 0.15) is 130 Å². The van der Waals surface area contributed by atoms with Crippen molar-refractivity contribution in [3.63, 3.8) is 0 Å². The van der Waals surface area contributed by atoms with Gasteiger partial charge in [0.2, 0.25) is 5.69 Å². The number of hydrogen-bond donors (Lipinski definition) is 0. The largest absolute Gasteiger partial charge is 0.344 e. The molecule has 2 heterocycles. The van der Waals surface area contributed by atoms with Gasteiger partial charge in [0.15, 0.2) is 5.71 Å². The Balaban J connectivity index is 1.22. The first-order valence-corrected chi connectivity index (χ1v) is 21.0. The SMILES string of the molecule is CCCCCCCCN1/C(=C/C=C/C=C/C=C/C2=[N+](CCCCCCCC)c3ccc4ccccc4c3C2(C)C)C(C)(C)c2c1ccc1ccccc21. The molecule has 0 spiro atoms. The Bertz CT molecular complexity index is 2010. The second kappa shape index (κ2) is 17.8. The van der Waals surface area contributed by atoms with Gasteiger partial charge in [-0.1, -0.05) is 170 Å². The molecule has 6 rings (SSSR count). The van der Waals surface area contributed by atoms with Crippen LogP contribution in [0.15, 0.2) is 121 Å². The van der Waals surface area contributed by atoms with Crippen LogP contribution < -0.4 is 4.90 Å². The first-order valence-electron chi connectivity index (χ1n) is 21.0. The second-order valence-electron chi connectivity index (χ2n) is 16.5. The molecule has 278 valence electrons. The van der Waals surface area contributed by atoms with E-state index in [-0.39, 0.29) is 10.8 Å². The van der Waals surface area contributed by atoms with Crippen molar-refractivity contribution in [2.45, 2.75) is 129 Å². The topological polar surface area (TPSA) is 6.25 Å². The average Bonchev–Trinajstić information content (AvgIpc) is 3.52. The lowest BCUT2D eigenvalue weighted by atomic mass is 9.79. The third kappa shape index (κ3) is 8.33. The Labute approximate surface area is 321 Å². The van der Waals surface area contributed by atoms with Crippen LogP contribution in [-0.4, -0.2) is 23.4 Å². The minimum atomic E-state index is -0.0737.